The van der Waals surface area contributed by atoms with E-state index >= 15 is 0 Å². The first-order chi connectivity index (χ1) is 14.3. The number of halogens is 1. The lowest BCUT2D eigenvalue weighted by atomic mass is 10.2. The summed E-state index contributed by atoms with van der Waals surface area (Å²) in [6.07, 6.45) is 4.25. The summed E-state index contributed by atoms with van der Waals surface area (Å²) in [5.41, 5.74) is 1.93. The fourth-order valence-corrected chi connectivity index (χ4v) is 3.50. The number of benzene rings is 1. The topological polar surface area (TPSA) is 71.7 Å². The van der Waals surface area contributed by atoms with Gasteiger partial charge in [-0.25, -0.2) is 9.98 Å². The van der Waals surface area contributed by atoms with Crippen LogP contribution in [0.4, 0.5) is 0 Å². The second kappa shape index (κ2) is 11.4. The number of para-hydroxylation sites is 1. The lowest BCUT2D eigenvalue weighted by molar-refractivity contribution is 0.297. The molecule has 30 heavy (non-hydrogen) atoms. The van der Waals surface area contributed by atoms with Crippen LogP contribution in [0.15, 0.2) is 57.5 Å². The van der Waals surface area contributed by atoms with Gasteiger partial charge >= 0.3 is 0 Å². The van der Waals surface area contributed by atoms with E-state index in [2.05, 4.69) is 28.6 Å². The summed E-state index contributed by atoms with van der Waals surface area (Å²) in [5.74, 6) is 3.05. The molecule has 0 aliphatic heterocycles. The standard InChI is InChI=1S/C22H26N4O2S.HI/c1-2-23-22(25-13-18-15-28-21(26-18)20-8-5-11-29-20)24-12-17-6-3-4-7-19(17)27-14-16-9-10-16;/h3-8,11,15-16H,2,9-10,12-14H2,1H3,(H2,23,24,25);1H. The molecule has 0 atom stereocenters. The van der Waals surface area contributed by atoms with Gasteiger partial charge in [-0.2, -0.15) is 0 Å². The maximum absolute atomic E-state index is 5.99. The highest BCUT2D eigenvalue weighted by atomic mass is 127. The Morgan fingerprint density at radius 3 is 2.87 bits per heavy atom. The van der Waals surface area contributed by atoms with Crippen LogP contribution in [-0.4, -0.2) is 24.1 Å². The first kappa shape index (κ1) is 22.6. The van der Waals surface area contributed by atoms with Crippen LogP contribution in [0, 0.1) is 5.92 Å². The highest BCUT2D eigenvalue weighted by Crippen LogP contribution is 2.30. The molecule has 1 saturated carbocycles. The molecule has 1 aliphatic carbocycles. The van der Waals surface area contributed by atoms with Gasteiger partial charge in [-0.1, -0.05) is 24.3 Å². The van der Waals surface area contributed by atoms with Crippen LogP contribution in [0.3, 0.4) is 0 Å². The van der Waals surface area contributed by atoms with E-state index in [1.807, 2.05) is 35.7 Å². The third kappa shape index (κ3) is 6.46. The second-order valence-corrected chi connectivity index (χ2v) is 7.98. The molecule has 3 aromatic rings. The zero-order valence-corrected chi connectivity index (χ0v) is 20.1. The van der Waals surface area contributed by atoms with Gasteiger partial charge in [0, 0.05) is 12.1 Å². The maximum atomic E-state index is 5.99. The molecule has 160 valence electrons. The van der Waals surface area contributed by atoms with Gasteiger partial charge in [-0.05, 0) is 43.2 Å². The van der Waals surface area contributed by atoms with Gasteiger partial charge in [0.05, 0.1) is 30.3 Å². The molecule has 1 aromatic carbocycles. The molecule has 1 fully saturated rings. The van der Waals surface area contributed by atoms with Crippen molar-refractivity contribution in [3.8, 4) is 16.5 Å². The predicted molar refractivity (Wildman–Crippen MR) is 132 cm³/mol. The second-order valence-electron chi connectivity index (χ2n) is 7.03. The summed E-state index contributed by atoms with van der Waals surface area (Å²) in [7, 11) is 0. The van der Waals surface area contributed by atoms with Gasteiger partial charge in [-0.15, -0.1) is 35.3 Å². The summed E-state index contributed by atoms with van der Waals surface area (Å²) in [5, 5.41) is 8.62. The van der Waals surface area contributed by atoms with Crippen molar-refractivity contribution in [1.82, 2.24) is 15.6 Å². The largest absolute Gasteiger partial charge is 0.493 e. The summed E-state index contributed by atoms with van der Waals surface area (Å²) < 4.78 is 11.6. The molecule has 1 aliphatic rings. The fraction of sp³-hybridized carbons (Fsp3) is 0.364. The number of aromatic nitrogens is 1. The van der Waals surface area contributed by atoms with Crippen molar-refractivity contribution in [1.29, 1.82) is 0 Å². The van der Waals surface area contributed by atoms with Crippen molar-refractivity contribution in [2.45, 2.75) is 32.9 Å². The van der Waals surface area contributed by atoms with Gasteiger partial charge in [0.15, 0.2) is 5.96 Å². The van der Waals surface area contributed by atoms with Crippen LogP contribution < -0.4 is 15.4 Å². The van der Waals surface area contributed by atoms with Crippen LogP contribution in [0.1, 0.15) is 31.0 Å². The minimum absolute atomic E-state index is 0. The Morgan fingerprint density at radius 2 is 2.10 bits per heavy atom. The van der Waals surface area contributed by atoms with Gasteiger partial charge in [-0.3, -0.25) is 0 Å². The number of hydrogen-bond donors (Lipinski definition) is 2. The average molecular weight is 538 g/mol. The molecule has 0 unspecified atom stereocenters. The van der Waals surface area contributed by atoms with E-state index in [-0.39, 0.29) is 24.0 Å². The van der Waals surface area contributed by atoms with Crippen molar-refractivity contribution in [3.63, 3.8) is 0 Å². The number of nitrogens with zero attached hydrogens (tertiary/aromatic N) is 2. The summed E-state index contributed by atoms with van der Waals surface area (Å²) >= 11 is 1.61. The molecule has 8 heteroatoms. The minimum atomic E-state index is 0. The maximum Gasteiger partial charge on any atom is 0.236 e. The van der Waals surface area contributed by atoms with Crippen molar-refractivity contribution in [3.05, 3.63) is 59.3 Å². The van der Waals surface area contributed by atoms with E-state index in [1.165, 1.54) is 12.8 Å². The highest BCUT2D eigenvalue weighted by Gasteiger charge is 2.22. The molecule has 2 aromatic heterocycles. The fourth-order valence-electron chi connectivity index (χ4n) is 2.85. The Bertz CT molecular complexity index is 938. The monoisotopic (exact) mass is 538 g/mol. The Kier molecular flexibility index (Phi) is 8.56. The lowest BCUT2D eigenvalue weighted by Gasteiger charge is -2.12. The van der Waals surface area contributed by atoms with Crippen LogP contribution in [0.2, 0.25) is 0 Å². The van der Waals surface area contributed by atoms with Crippen molar-refractivity contribution < 1.29 is 9.15 Å². The average Bonchev–Trinajstić information content (AvgIpc) is 3.20. The molecule has 0 amide bonds. The van der Waals surface area contributed by atoms with E-state index in [9.17, 15) is 0 Å². The summed E-state index contributed by atoms with van der Waals surface area (Å²) in [4.78, 5) is 10.3. The lowest BCUT2D eigenvalue weighted by Crippen LogP contribution is -2.36. The molecular formula is C22H27IN4O2S. The Hall–Kier alpha value is -2.07. The highest BCUT2D eigenvalue weighted by molar-refractivity contribution is 14.0. The van der Waals surface area contributed by atoms with Gasteiger partial charge in [0.2, 0.25) is 5.89 Å². The molecule has 2 heterocycles. The molecule has 0 saturated heterocycles. The zero-order chi connectivity index (χ0) is 19.9. The smallest absolute Gasteiger partial charge is 0.236 e. The van der Waals surface area contributed by atoms with E-state index in [1.54, 1.807) is 17.6 Å². The van der Waals surface area contributed by atoms with Crippen molar-refractivity contribution in [2.24, 2.45) is 10.9 Å². The zero-order valence-electron chi connectivity index (χ0n) is 17.0. The number of thiophene rings is 1. The van der Waals surface area contributed by atoms with E-state index < -0.39 is 0 Å². The van der Waals surface area contributed by atoms with Crippen molar-refractivity contribution >= 4 is 41.3 Å². The van der Waals surface area contributed by atoms with E-state index in [4.69, 9.17) is 14.1 Å². The van der Waals surface area contributed by atoms with E-state index in [0.29, 0.717) is 19.0 Å². The molecule has 2 N–H and O–H groups in total. The van der Waals surface area contributed by atoms with Crippen molar-refractivity contribution in [2.75, 3.05) is 13.2 Å². The Labute approximate surface area is 198 Å². The normalized spacial score (nSPS) is 13.6. The van der Waals surface area contributed by atoms with E-state index in [0.717, 1.165) is 46.9 Å². The number of rotatable bonds is 9. The SMILES string of the molecule is CCNC(=NCc1ccccc1OCC1CC1)NCc1coc(-c2cccs2)n1.I. The molecule has 0 radical (unpaired) electrons. The first-order valence-corrected chi connectivity index (χ1v) is 10.9. The summed E-state index contributed by atoms with van der Waals surface area (Å²) in [6.45, 7) is 4.73. The molecule has 4 rings (SSSR count). The van der Waals surface area contributed by atoms with Crippen LogP contribution >= 0.6 is 35.3 Å². The molecule has 0 bridgehead atoms. The number of guanidine groups is 1. The quantitative estimate of drug-likeness (QED) is 0.226. The number of ether oxygens (including phenoxy) is 1. The Balaban J connectivity index is 0.00000256. The number of oxazole rings is 1. The number of nitrogens with one attached hydrogen (secondary N) is 2. The number of aliphatic imine (C=N–C) groups is 1. The minimum Gasteiger partial charge on any atom is -0.493 e. The molecular weight excluding hydrogens is 511 g/mol. The van der Waals surface area contributed by atoms with Crippen LogP contribution in [0.25, 0.3) is 10.8 Å². The van der Waals surface area contributed by atoms with Gasteiger partial charge < -0.3 is 19.8 Å². The first-order valence-electron chi connectivity index (χ1n) is 10.0. The molecule has 6 nitrogen and oxygen atoms in total. The summed E-state index contributed by atoms with van der Waals surface area (Å²) in [6, 6.07) is 12.1. The van der Waals surface area contributed by atoms with Gasteiger partial charge in [0.25, 0.3) is 0 Å². The van der Waals surface area contributed by atoms with Gasteiger partial charge in [0.1, 0.15) is 12.0 Å². The third-order valence-electron chi connectivity index (χ3n) is 4.62. The number of hydrogen-bond acceptors (Lipinski definition) is 5. The molecule has 0 spiro atoms. The Morgan fingerprint density at radius 1 is 1.23 bits per heavy atom. The predicted octanol–water partition coefficient (Wildman–Crippen LogP) is 5.07. The van der Waals surface area contributed by atoms with Crippen LogP contribution in [0.5, 0.6) is 5.75 Å². The van der Waals surface area contributed by atoms with Crippen LogP contribution in [-0.2, 0) is 13.1 Å². The third-order valence-corrected chi connectivity index (χ3v) is 5.47.